The summed E-state index contributed by atoms with van der Waals surface area (Å²) in [6, 6.07) is 8.91. The van der Waals surface area contributed by atoms with Crippen molar-refractivity contribution in [2.45, 2.75) is 13.1 Å². The third-order valence-corrected chi connectivity index (χ3v) is 2.93. The number of ether oxygens (including phenoxy) is 1. The number of rotatable bonds is 7. The number of benzene rings is 1. The van der Waals surface area contributed by atoms with Gasteiger partial charge < -0.3 is 14.6 Å². The molecule has 1 heterocycles. The number of hydrogen-bond acceptors (Lipinski definition) is 2. The Morgan fingerprint density at radius 1 is 1.26 bits per heavy atom. The van der Waals surface area contributed by atoms with Gasteiger partial charge in [-0.25, -0.2) is 4.39 Å². The summed E-state index contributed by atoms with van der Waals surface area (Å²) >= 11 is 0. The summed E-state index contributed by atoms with van der Waals surface area (Å²) in [6.45, 7) is 2.89. The summed E-state index contributed by atoms with van der Waals surface area (Å²) in [7, 11) is 1.69. The van der Waals surface area contributed by atoms with E-state index < -0.39 is 0 Å². The second kappa shape index (κ2) is 7.07. The SMILES string of the molecule is COCCNCc1ccn(Cc2ccccc2F)c1. The lowest BCUT2D eigenvalue weighted by Gasteiger charge is -2.04. The predicted octanol–water partition coefficient (Wildman–Crippen LogP) is 2.41. The van der Waals surface area contributed by atoms with Gasteiger partial charge in [0.25, 0.3) is 0 Å². The predicted molar refractivity (Wildman–Crippen MR) is 73.5 cm³/mol. The Morgan fingerprint density at radius 3 is 2.89 bits per heavy atom. The molecule has 0 unspecified atom stereocenters. The molecule has 102 valence electrons. The van der Waals surface area contributed by atoms with Crippen LogP contribution in [0.25, 0.3) is 0 Å². The van der Waals surface area contributed by atoms with Crippen molar-refractivity contribution in [3.05, 3.63) is 59.7 Å². The van der Waals surface area contributed by atoms with E-state index in [4.69, 9.17) is 4.74 Å². The molecule has 1 aromatic heterocycles. The van der Waals surface area contributed by atoms with Crippen LogP contribution in [-0.2, 0) is 17.8 Å². The highest BCUT2D eigenvalue weighted by molar-refractivity contribution is 5.19. The van der Waals surface area contributed by atoms with Gasteiger partial charge in [0.1, 0.15) is 5.82 Å². The zero-order valence-electron chi connectivity index (χ0n) is 11.1. The number of nitrogens with one attached hydrogen (secondary N) is 1. The third kappa shape index (κ3) is 4.19. The molecule has 0 saturated carbocycles. The van der Waals surface area contributed by atoms with Gasteiger partial charge in [-0.05, 0) is 17.7 Å². The largest absolute Gasteiger partial charge is 0.383 e. The molecule has 1 aromatic carbocycles. The molecule has 0 spiro atoms. The van der Waals surface area contributed by atoms with Crippen LogP contribution in [0.15, 0.2) is 42.7 Å². The van der Waals surface area contributed by atoms with Crippen LogP contribution in [0.3, 0.4) is 0 Å². The Hall–Kier alpha value is -1.65. The van der Waals surface area contributed by atoms with Crippen LogP contribution in [-0.4, -0.2) is 24.8 Å². The van der Waals surface area contributed by atoms with Gasteiger partial charge in [-0.15, -0.1) is 0 Å². The van der Waals surface area contributed by atoms with Gasteiger partial charge in [-0.1, -0.05) is 18.2 Å². The number of hydrogen-bond donors (Lipinski definition) is 1. The average Bonchev–Trinajstić information content (AvgIpc) is 2.85. The van der Waals surface area contributed by atoms with Crippen molar-refractivity contribution in [3.63, 3.8) is 0 Å². The Morgan fingerprint density at radius 2 is 2.11 bits per heavy atom. The monoisotopic (exact) mass is 262 g/mol. The Balaban J connectivity index is 1.89. The minimum absolute atomic E-state index is 0.157. The zero-order valence-corrected chi connectivity index (χ0v) is 11.1. The maximum atomic E-state index is 13.5. The van der Waals surface area contributed by atoms with E-state index in [1.165, 1.54) is 11.6 Å². The maximum absolute atomic E-state index is 13.5. The summed E-state index contributed by atoms with van der Waals surface area (Å²) < 4.78 is 20.5. The topological polar surface area (TPSA) is 26.2 Å². The van der Waals surface area contributed by atoms with Crippen LogP contribution in [0.1, 0.15) is 11.1 Å². The van der Waals surface area contributed by atoms with Crippen molar-refractivity contribution in [2.24, 2.45) is 0 Å². The van der Waals surface area contributed by atoms with Crippen molar-refractivity contribution in [3.8, 4) is 0 Å². The van der Waals surface area contributed by atoms with Crippen molar-refractivity contribution in [2.75, 3.05) is 20.3 Å². The highest BCUT2D eigenvalue weighted by Crippen LogP contribution is 2.10. The van der Waals surface area contributed by atoms with E-state index in [0.717, 1.165) is 13.1 Å². The van der Waals surface area contributed by atoms with E-state index in [2.05, 4.69) is 5.32 Å². The van der Waals surface area contributed by atoms with E-state index >= 15 is 0 Å². The van der Waals surface area contributed by atoms with Crippen LogP contribution in [0.5, 0.6) is 0 Å². The van der Waals surface area contributed by atoms with Gasteiger partial charge >= 0.3 is 0 Å². The molecule has 3 nitrogen and oxygen atoms in total. The number of methoxy groups -OCH3 is 1. The van der Waals surface area contributed by atoms with Gasteiger partial charge in [0.2, 0.25) is 0 Å². The second-order valence-electron chi connectivity index (χ2n) is 4.45. The Kier molecular flexibility index (Phi) is 5.12. The quantitative estimate of drug-likeness (QED) is 0.776. The molecule has 0 atom stereocenters. The Labute approximate surface area is 113 Å². The van der Waals surface area contributed by atoms with E-state index in [0.29, 0.717) is 18.7 Å². The van der Waals surface area contributed by atoms with Crippen molar-refractivity contribution < 1.29 is 9.13 Å². The van der Waals surface area contributed by atoms with E-state index in [9.17, 15) is 4.39 Å². The first-order valence-electron chi connectivity index (χ1n) is 6.37. The highest BCUT2D eigenvalue weighted by Gasteiger charge is 2.02. The first-order valence-corrected chi connectivity index (χ1v) is 6.37. The van der Waals surface area contributed by atoms with E-state index in [1.54, 1.807) is 13.2 Å². The summed E-state index contributed by atoms with van der Waals surface area (Å²) in [4.78, 5) is 0. The average molecular weight is 262 g/mol. The first-order chi connectivity index (χ1) is 9.29. The van der Waals surface area contributed by atoms with Crippen molar-refractivity contribution in [1.29, 1.82) is 0 Å². The summed E-state index contributed by atoms with van der Waals surface area (Å²) in [5.41, 5.74) is 1.89. The van der Waals surface area contributed by atoms with Gasteiger partial charge in [0.05, 0.1) is 6.61 Å². The zero-order chi connectivity index (χ0) is 13.5. The molecule has 0 saturated heterocycles. The van der Waals surface area contributed by atoms with E-state index in [1.807, 2.05) is 35.2 Å². The standard InChI is InChI=1S/C15H19FN2O/c1-19-9-7-17-10-13-6-8-18(11-13)12-14-4-2-3-5-15(14)16/h2-6,8,11,17H,7,9-10,12H2,1H3. The highest BCUT2D eigenvalue weighted by atomic mass is 19.1. The lowest BCUT2D eigenvalue weighted by atomic mass is 10.2. The third-order valence-electron chi connectivity index (χ3n) is 2.93. The normalized spacial score (nSPS) is 10.8. The maximum Gasteiger partial charge on any atom is 0.128 e. The van der Waals surface area contributed by atoms with Gasteiger partial charge in [-0.2, -0.15) is 0 Å². The molecular weight excluding hydrogens is 243 g/mol. The van der Waals surface area contributed by atoms with Crippen molar-refractivity contribution >= 4 is 0 Å². The van der Waals surface area contributed by atoms with Crippen LogP contribution in [0.4, 0.5) is 4.39 Å². The minimum atomic E-state index is -0.157. The number of aromatic nitrogens is 1. The lowest BCUT2D eigenvalue weighted by Crippen LogP contribution is -2.18. The fourth-order valence-electron chi connectivity index (χ4n) is 1.92. The molecule has 0 radical (unpaired) electrons. The molecule has 1 N–H and O–H groups in total. The van der Waals surface area contributed by atoms with Crippen LogP contribution < -0.4 is 5.32 Å². The summed E-state index contributed by atoms with van der Waals surface area (Å²) in [5, 5.41) is 3.28. The van der Waals surface area contributed by atoms with Crippen LogP contribution >= 0.6 is 0 Å². The molecule has 4 heteroatoms. The summed E-state index contributed by atoms with van der Waals surface area (Å²) in [5.74, 6) is -0.157. The molecule has 0 bridgehead atoms. The number of nitrogens with zero attached hydrogens (tertiary/aromatic N) is 1. The molecule has 0 amide bonds. The molecule has 19 heavy (non-hydrogen) atoms. The second-order valence-corrected chi connectivity index (χ2v) is 4.45. The molecule has 0 aliphatic rings. The van der Waals surface area contributed by atoms with Crippen LogP contribution in [0, 0.1) is 5.82 Å². The molecule has 2 rings (SSSR count). The van der Waals surface area contributed by atoms with Gasteiger partial charge in [-0.3, -0.25) is 0 Å². The molecule has 2 aromatic rings. The smallest absolute Gasteiger partial charge is 0.128 e. The van der Waals surface area contributed by atoms with Crippen molar-refractivity contribution in [1.82, 2.24) is 9.88 Å². The minimum Gasteiger partial charge on any atom is -0.383 e. The van der Waals surface area contributed by atoms with Gasteiger partial charge in [0, 0.05) is 44.7 Å². The number of halogens is 1. The molecule has 0 fully saturated rings. The molecule has 0 aliphatic carbocycles. The van der Waals surface area contributed by atoms with Crippen LogP contribution in [0.2, 0.25) is 0 Å². The van der Waals surface area contributed by atoms with Gasteiger partial charge in [0.15, 0.2) is 0 Å². The first kappa shape index (κ1) is 13.8. The molecule has 0 aliphatic heterocycles. The Bertz CT molecular complexity index is 510. The lowest BCUT2D eigenvalue weighted by molar-refractivity contribution is 0.199. The fourth-order valence-corrected chi connectivity index (χ4v) is 1.92. The fraction of sp³-hybridized carbons (Fsp3) is 0.333. The van der Waals surface area contributed by atoms with E-state index in [-0.39, 0.29) is 5.82 Å². The summed E-state index contributed by atoms with van der Waals surface area (Å²) in [6.07, 6.45) is 4.01. The molecular formula is C15H19FN2O.